The number of aliphatic hydroxyl groups is 1. The summed E-state index contributed by atoms with van der Waals surface area (Å²) in [4.78, 5) is 45.6. The van der Waals surface area contributed by atoms with E-state index in [1.165, 1.54) is 11.0 Å². The van der Waals surface area contributed by atoms with Crippen molar-refractivity contribution in [2.24, 2.45) is 11.8 Å². The molecule has 0 spiro atoms. The Morgan fingerprint density at radius 1 is 1.19 bits per heavy atom. The second kappa shape index (κ2) is 14.5. The van der Waals surface area contributed by atoms with Crippen LogP contribution >= 0.6 is 10.0 Å². The van der Waals surface area contributed by atoms with Gasteiger partial charge in [0.2, 0.25) is 5.91 Å². The Morgan fingerprint density at radius 3 is 2.57 bits per heavy atom. The van der Waals surface area contributed by atoms with E-state index >= 15 is 4.39 Å². The highest BCUT2D eigenvalue weighted by Gasteiger charge is 2.40. The van der Waals surface area contributed by atoms with Crippen molar-refractivity contribution < 1.29 is 33.0 Å². The van der Waals surface area contributed by atoms with Crippen LogP contribution in [-0.4, -0.2) is 89.1 Å². The fourth-order valence-electron chi connectivity index (χ4n) is 5.21. The maximum atomic E-state index is 15.0. The minimum atomic E-state index is -1.58. The number of esters is 1. The number of ether oxygens (including phenoxy) is 1. The summed E-state index contributed by atoms with van der Waals surface area (Å²) in [6.07, 6.45) is 11.7. The molecule has 11 heteroatoms. The molecule has 1 saturated heterocycles. The summed E-state index contributed by atoms with van der Waals surface area (Å²) in [7, 11) is -1.58. The molecule has 3 heterocycles. The third-order valence-electron chi connectivity index (χ3n) is 7.29. The molecule has 5 unspecified atom stereocenters. The van der Waals surface area contributed by atoms with Gasteiger partial charge in [-0.3, -0.25) is 9.59 Å². The summed E-state index contributed by atoms with van der Waals surface area (Å²) in [6, 6.07) is -0.784. The Hall–Kier alpha value is -2.92. The second-order valence-corrected chi connectivity index (χ2v) is 16.3. The van der Waals surface area contributed by atoms with Gasteiger partial charge in [0.15, 0.2) is 16.7 Å². The normalized spacial score (nSPS) is 28.6. The van der Waals surface area contributed by atoms with Crippen molar-refractivity contribution in [3.63, 3.8) is 0 Å². The largest absolute Gasteiger partial charge is 0.460 e. The first kappa shape index (κ1) is 33.6. The van der Waals surface area contributed by atoms with E-state index in [0.717, 1.165) is 5.57 Å². The van der Waals surface area contributed by atoms with E-state index in [0.29, 0.717) is 24.5 Å². The lowest BCUT2D eigenvalue weighted by Crippen LogP contribution is -2.44. The van der Waals surface area contributed by atoms with Crippen LogP contribution in [0.1, 0.15) is 63.3 Å². The SMILES string of the molecule is CC1=CC(O)CC(F)Cc2nc(c(S(C)(C)C)o2)C(=O)N2CCCC2C(=O)OC(C(C)C)C(C)/C=C/C(=O)NCC=C1. The topological polar surface area (TPSA) is 122 Å². The van der Waals surface area contributed by atoms with Crippen LogP contribution in [-0.2, 0) is 20.7 Å². The number of hydrogen-bond donors (Lipinski definition) is 2. The van der Waals surface area contributed by atoms with Gasteiger partial charge in [0.1, 0.15) is 18.3 Å². The van der Waals surface area contributed by atoms with Crippen molar-refractivity contribution in [2.45, 2.75) is 82.9 Å². The quantitative estimate of drug-likeness (QED) is 0.479. The summed E-state index contributed by atoms with van der Waals surface area (Å²) in [5.41, 5.74) is 0.817. The Bertz CT molecular complexity index is 1220. The maximum Gasteiger partial charge on any atom is 0.329 e. The van der Waals surface area contributed by atoms with Gasteiger partial charge in [-0.25, -0.2) is 14.2 Å². The lowest BCUT2D eigenvalue weighted by atomic mass is 9.94. The predicted octanol–water partition coefficient (Wildman–Crippen LogP) is 4.36. The number of halogens is 1. The number of nitrogens with one attached hydrogen (secondary N) is 1. The second-order valence-electron chi connectivity index (χ2n) is 12.3. The minimum absolute atomic E-state index is 0.0346. The van der Waals surface area contributed by atoms with Crippen molar-refractivity contribution in [2.75, 3.05) is 31.9 Å². The van der Waals surface area contributed by atoms with E-state index in [1.807, 2.05) is 39.5 Å². The number of aromatic nitrogens is 1. The van der Waals surface area contributed by atoms with Crippen LogP contribution < -0.4 is 5.32 Å². The highest BCUT2D eigenvalue weighted by Crippen LogP contribution is 2.48. The Morgan fingerprint density at radius 2 is 1.90 bits per heavy atom. The summed E-state index contributed by atoms with van der Waals surface area (Å²) >= 11 is 0. The van der Waals surface area contributed by atoms with Gasteiger partial charge in [0.25, 0.3) is 5.91 Å². The molecule has 0 saturated carbocycles. The molecule has 2 N–H and O–H groups in total. The summed E-state index contributed by atoms with van der Waals surface area (Å²) in [6.45, 7) is 8.17. The molecule has 2 aliphatic rings. The fourth-order valence-corrected chi connectivity index (χ4v) is 6.27. The summed E-state index contributed by atoms with van der Waals surface area (Å²) in [5.74, 6) is -1.43. The van der Waals surface area contributed by atoms with Gasteiger partial charge in [-0.15, -0.1) is 0 Å². The molecule has 0 aromatic carbocycles. The fraction of sp³-hybridized carbons (Fsp3) is 0.613. The lowest BCUT2D eigenvalue weighted by Gasteiger charge is -2.30. The van der Waals surface area contributed by atoms with Crippen molar-refractivity contribution in [1.29, 1.82) is 0 Å². The van der Waals surface area contributed by atoms with Crippen LogP contribution in [0.2, 0.25) is 0 Å². The van der Waals surface area contributed by atoms with Crippen LogP contribution in [0.15, 0.2) is 45.5 Å². The van der Waals surface area contributed by atoms with Crippen molar-refractivity contribution >= 4 is 27.8 Å². The number of hydrogen-bond acceptors (Lipinski definition) is 7. The number of cyclic esters (lactones) is 1. The van der Waals surface area contributed by atoms with Gasteiger partial charge >= 0.3 is 5.97 Å². The number of carbonyl (C=O) groups excluding carboxylic acids is 3. The average molecular weight is 608 g/mol. The Balaban J connectivity index is 1.97. The standard InChI is InChI=1S/C31H46FN3O6S/c1-19(2)28-21(4)12-13-25(37)33-14-8-10-20(3)16-23(36)17-22(32)18-26-34-27(31(40-26)42(5,6)7)29(38)35-15-9-11-24(35)30(39)41-28/h8,10,12-13,16,19,21-24,28,36H,9,11,14-15,17-18H2,1-7H3,(H,33,37)/b10-8?,13-12+,20-16?. The Kier molecular flexibility index (Phi) is 11.6. The highest BCUT2D eigenvalue weighted by atomic mass is 32.3. The average Bonchev–Trinajstić information content (AvgIpc) is 3.54. The third-order valence-corrected chi connectivity index (χ3v) is 8.68. The van der Waals surface area contributed by atoms with E-state index in [1.54, 1.807) is 31.2 Å². The third kappa shape index (κ3) is 9.04. The lowest BCUT2D eigenvalue weighted by molar-refractivity contribution is -0.158. The smallest absolute Gasteiger partial charge is 0.329 e. The first-order valence-electron chi connectivity index (χ1n) is 14.5. The van der Waals surface area contributed by atoms with Gasteiger partial charge in [-0.05, 0) is 50.5 Å². The van der Waals surface area contributed by atoms with Crippen LogP contribution in [0.3, 0.4) is 0 Å². The van der Waals surface area contributed by atoms with Crippen molar-refractivity contribution in [3.8, 4) is 0 Å². The zero-order chi connectivity index (χ0) is 31.2. The molecule has 0 aliphatic carbocycles. The molecule has 1 aromatic heterocycles. The number of carbonyl (C=O) groups is 3. The molecule has 1 aromatic rings. The Labute approximate surface area is 250 Å². The summed E-state index contributed by atoms with van der Waals surface area (Å²) < 4.78 is 27.0. The molecular formula is C31H46FN3O6S. The molecule has 1 fully saturated rings. The number of alkyl halides is 1. The molecule has 42 heavy (non-hydrogen) atoms. The molecular weight excluding hydrogens is 561 g/mol. The van der Waals surface area contributed by atoms with E-state index in [2.05, 4.69) is 10.3 Å². The number of allylic oxidation sites excluding steroid dienone is 2. The molecule has 0 radical (unpaired) electrons. The zero-order valence-electron chi connectivity index (χ0n) is 25.8. The monoisotopic (exact) mass is 607 g/mol. The van der Waals surface area contributed by atoms with E-state index in [-0.39, 0.29) is 48.7 Å². The summed E-state index contributed by atoms with van der Waals surface area (Å²) in [5, 5.41) is 13.6. The molecule has 2 aliphatic heterocycles. The van der Waals surface area contributed by atoms with E-state index in [9.17, 15) is 19.5 Å². The number of rotatable bonds is 2. The van der Waals surface area contributed by atoms with E-state index in [4.69, 9.17) is 9.15 Å². The zero-order valence-corrected chi connectivity index (χ0v) is 26.6. The van der Waals surface area contributed by atoms with Crippen LogP contribution in [0, 0.1) is 11.8 Å². The van der Waals surface area contributed by atoms with E-state index < -0.39 is 46.3 Å². The number of amides is 2. The van der Waals surface area contributed by atoms with Gasteiger partial charge in [0.05, 0.1) is 12.5 Å². The van der Waals surface area contributed by atoms with Gasteiger partial charge < -0.3 is 24.5 Å². The first-order valence-corrected chi connectivity index (χ1v) is 17.4. The van der Waals surface area contributed by atoms with Crippen LogP contribution in [0.25, 0.3) is 0 Å². The van der Waals surface area contributed by atoms with Gasteiger partial charge in [-0.2, -0.15) is 10.0 Å². The number of fused-ring (bicyclic) bond motifs is 3. The van der Waals surface area contributed by atoms with Crippen LogP contribution in [0.5, 0.6) is 0 Å². The van der Waals surface area contributed by atoms with Crippen molar-refractivity contribution in [3.05, 3.63) is 47.5 Å². The highest BCUT2D eigenvalue weighted by molar-refractivity contribution is 8.32. The maximum absolute atomic E-state index is 15.0. The van der Waals surface area contributed by atoms with Crippen molar-refractivity contribution in [1.82, 2.24) is 15.2 Å². The number of aliphatic hydroxyl groups excluding tert-OH is 1. The van der Waals surface area contributed by atoms with Gasteiger partial charge in [0, 0.05) is 25.4 Å². The van der Waals surface area contributed by atoms with Crippen LogP contribution in [0.4, 0.5) is 4.39 Å². The predicted molar refractivity (Wildman–Crippen MR) is 162 cm³/mol. The van der Waals surface area contributed by atoms with Gasteiger partial charge in [-0.1, -0.05) is 50.6 Å². The number of oxazole rings is 1. The molecule has 2 bridgehead atoms. The molecule has 3 rings (SSSR count). The molecule has 5 atom stereocenters. The molecule has 2 amide bonds. The minimum Gasteiger partial charge on any atom is -0.460 e. The number of nitrogens with zero attached hydrogens (tertiary/aromatic N) is 2. The first-order chi connectivity index (χ1) is 19.7. The molecule has 234 valence electrons. The molecule has 9 nitrogen and oxygen atoms in total.